The van der Waals surface area contributed by atoms with Gasteiger partial charge in [-0.25, -0.2) is 8.42 Å². The van der Waals surface area contributed by atoms with Crippen LogP contribution in [0, 0.1) is 0 Å². The number of fused-ring (bicyclic) bond motifs is 1. The highest BCUT2D eigenvalue weighted by atomic mass is 35.5. The summed E-state index contributed by atoms with van der Waals surface area (Å²) in [6.07, 6.45) is -0.130. The molecule has 4 atom stereocenters. The van der Waals surface area contributed by atoms with Crippen molar-refractivity contribution in [2.45, 2.75) is 56.4 Å². The average molecular weight is 551 g/mol. The third kappa shape index (κ3) is 5.59. The van der Waals surface area contributed by atoms with Gasteiger partial charge in [0.05, 0.1) is 23.6 Å². The normalized spacial score (nSPS) is 23.6. The summed E-state index contributed by atoms with van der Waals surface area (Å²) in [5.74, 6) is -1.65. The number of sulfonamides is 1. The average Bonchev–Trinajstić information content (AvgIpc) is 3.21. The molecule has 2 aromatic rings. The summed E-state index contributed by atoms with van der Waals surface area (Å²) in [6.45, 7) is 5.73. The Balaban J connectivity index is 1.59. The zero-order valence-electron chi connectivity index (χ0n) is 21.0. The summed E-state index contributed by atoms with van der Waals surface area (Å²) >= 11 is 6.03. The number of nitrogens with two attached hydrogens (primary N) is 1. The first kappa shape index (κ1) is 27.3. The SMILES string of the molecule is C[C@@H]1CN(C(=O)[C@H](C)N2CC[C@H](N(CC(N)=O)S(=O)(=O)c3ccc4cc(Cl)ccc4c3)C2=O)C[C@H](C)O1. The van der Waals surface area contributed by atoms with Crippen molar-refractivity contribution in [2.24, 2.45) is 5.73 Å². The lowest BCUT2D eigenvalue weighted by Gasteiger charge is -2.38. The number of amides is 3. The number of carbonyl (C=O) groups is 3. The number of likely N-dealkylation sites (tertiary alicyclic amines) is 1. The second-order valence-electron chi connectivity index (χ2n) is 9.68. The van der Waals surface area contributed by atoms with Gasteiger partial charge in [0.1, 0.15) is 12.1 Å². The monoisotopic (exact) mass is 550 g/mol. The Labute approximate surface area is 221 Å². The van der Waals surface area contributed by atoms with Crippen molar-refractivity contribution in [3.05, 3.63) is 41.4 Å². The van der Waals surface area contributed by atoms with Gasteiger partial charge in [0.15, 0.2) is 0 Å². The molecule has 2 heterocycles. The standard InChI is InChI=1S/C25H31ClN4O6S/c1-15-12-28(13-16(2)36-15)24(32)17(3)29-9-8-22(25(29)33)30(14-23(27)31)37(34,35)21-7-5-18-10-20(26)6-4-19(18)11-21/h4-7,10-11,15-17,22H,8-9,12-14H2,1-3H3,(H2,27,31)/t15-,16+,17-,22-/m0/s1. The van der Waals surface area contributed by atoms with Gasteiger partial charge in [0, 0.05) is 24.7 Å². The van der Waals surface area contributed by atoms with Crippen molar-refractivity contribution in [3.8, 4) is 0 Å². The maximum atomic E-state index is 13.7. The van der Waals surface area contributed by atoms with Crippen molar-refractivity contribution in [3.63, 3.8) is 0 Å². The van der Waals surface area contributed by atoms with Crippen LogP contribution in [-0.2, 0) is 29.1 Å². The lowest BCUT2D eigenvalue weighted by atomic mass is 10.1. The fraction of sp³-hybridized carbons (Fsp3) is 0.480. The van der Waals surface area contributed by atoms with Gasteiger partial charge in [-0.2, -0.15) is 4.31 Å². The third-order valence-corrected chi connectivity index (χ3v) is 8.89. The highest BCUT2D eigenvalue weighted by molar-refractivity contribution is 7.89. The molecule has 2 N–H and O–H groups in total. The van der Waals surface area contributed by atoms with Crippen molar-refractivity contribution < 1.29 is 27.5 Å². The Hall–Kier alpha value is -2.73. The molecule has 2 aliphatic heterocycles. The minimum absolute atomic E-state index is 0.0739. The van der Waals surface area contributed by atoms with Crippen LogP contribution in [0.4, 0.5) is 0 Å². The molecule has 2 aromatic carbocycles. The quantitative estimate of drug-likeness (QED) is 0.557. The van der Waals surface area contributed by atoms with E-state index in [1.807, 2.05) is 13.8 Å². The molecule has 0 aromatic heterocycles. The molecule has 2 saturated heterocycles. The van der Waals surface area contributed by atoms with Gasteiger partial charge in [0.2, 0.25) is 27.7 Å². The largest absolute Gasteiger partial charge is 0.372 e. The zero-order chi connectivity index (χ0) is 27.1. The minimum atomic E-state index is -4.28. The van der Waals surface area contributed by atoms with Gasteiger partial charge in [0.25, 0.3) is 0 Å². The Kier molecular flexibility index (Phi) is 7.80. The summed E-state index contributed by atoms with van der Waals surface area (Å²) in [5.41, 5.74) is 5.40. The molecule has 200 valence electrons. The van der Waals surface area contributed by atoms with Crippen LogP contribution in [-0.4, -0.2) is 90.7 Å². The number of rotatable bonds is 7. The second kappa shape index (κ2) is 10.6. The molecule has 0 unspecified atom stereocenters. The van der Waals surface area contributed by atoms with Crippen molar-refractivity contribution >= 4 is 50.1 Å². The highest BCUT2D eigenvalue weighted by Gasteiger charge is 2.45. The molecular formula is C25H31ClN4O6S. The molecule has 12 heteroatoms. The smallest absolute Gasteiger partial charge is 0.245 e. The van der Waals surface area contributed by atoms with Crippen LogP contribution >= 0.6 is 11.6 Å². The molecule has 2 aliphatic rings. The summed E-state index contributed by atoms with van der Waals surface area (Å²) in [7, 11) is -4.28. The number of hydrogen-bond donors (Lipinski definition) is 1. The van der Waals surface area contributed by atoms with Crippen LogP contribution in [0.1, 0.15) is 27.2 Å². The number of nitrogens with zero attached hydrogens (tertiary/aromatic N) is 3. The number of ether oxygens (including phenoxy) is 1. The minimum Gasteiger partial charge on any atom is -0.372 e. The topological polar surface area (TPSA) is 130 Å². The van der Waals surface area contributed by atoms with E-state index in [-0.39, 0.29) is 36.0 Å². The fourth-order valence-electron chi connectivity index (χ4n) is 5.10. The van der Waals surface area contributed by atoms with Crippen molar-refractivity contribution in [2.75, 3.05) is 26.2 Å². The van der Waals surface area contributed by atoms with Gasteiger partial charge in [-0.1, -0.05) is 23.7 Å². The molecule has 0 bridgehead atoms. The number of benzene rings is 2. The van der Waals surface area contributed by atoms with Crippen molar-refractivity contribution in [1.29, 1.82) is 0 Å². The Morgan fingerprint density at radius 3 is 2.41 bits per heavy atom. The van der Waals surface area contributed by atoms with Crippen LogP contribution in [0.25, 0.3) is 10.8 Å². The predicted octanol–water partition coefficient (Wildman–Crippen LogP) is 1.59. The van der Waals surface area contributed by atoms with E-state index in [0.29, 0.717) is 23.5 Å². The summed E-state index contributed by atoms with van der Waals surface area (Å²) < 4.78 is 33.9. The maximum absolute atomic E-state index is 13.7. The number of morpholine rings is 1. The van der Waals surface area contributed by atoms with Crippen LogP contribution in [0.15, 0.2) is 41.3 Å². The Morgan fingerprint density at radius 2 is 1.76 bits per heavy atom. The van der Waals surface area contributed by atoms with Crippen molar-refractivity contribution in [1.82, 2.24) is 14.1 Å². The van der Waals surface area contributed by atoms with Gasteiger partial charge in [-0.3, -0.25) is 14.4 Å². The molecule has 0 radical (unpaired) electrons. The van der Waals surface area contributed by atoms with E-state index in [4.69, 9.17) is 22.1 Å². The number of carbonyl (C=O) groups excluding carboxylic acids is 3. The lowest BCUT2D eigenvalue weighted by Crippen LogP contribution is -2.55. The van der Waals surface area contributed by atoms with E-state index in [1.165, 1.54) is 17.0 Å². The van der Waals surface area contributed by atoms with E-state index in [2.05, 4.69) is 0 Å². The first-order valence-corrected chi connectivity index (χ1v) is 13.9. The van der Waals surface area contributed by atoms with Crippen LogP contribution in [0.5, 0.6) is 0 Å². The Bertz CT molecular complexity index is 1330. The molecule has 0 saturated carbocycles. The lowest BCUT2D eigenvalue weighted by molar-refractivity contribution is -0.152. The van der Waals surface area contributed by atoms with Crippen LogP contribution < -0.4 is 5.73 Å². The predicted molar refractivity (Wildman–Crippen MR) is 138 cm³/mol. The van der Waals surface area contributed by atoms with Gasteiger partial charge < -0.3 is 20.3 Å². The molecular weight excluding hydrogens is 520 g/mol. The van der Waals surface area contributed by atoms with Gasteiger partial charge in [-0.05, 0) is 62.2 Å². The number of primary amides is 1. The summed E-state index contributed by atoms with van der Waals surface area (Å²) in [5, 5.41) is 1.90. The zero-order valence-corrected chi connectivity index (χ0v) is 22.5. The van der Waals surface area contributed by atoms with Crippen LogP contribution in [0.2, 0.25) is 5.02 Å². The molecule has 3 amide bonds. The van der Waals surface area contributed by atoms with Crippen LogP contribution in [0.3, 0.4) is 0 Å². The molecule has 10 nitrogen and oxygen atoms in total. The van der Waals surface area contributed by atoms with E-state index < -0.39 is 40.5 Å². The second-order valence-corrected chi connectivity index (χ2v) is 12.0. The van der Waals surface area contributed by atoms with Gasteiger partial charge in [-0.15, -0.1) is 0 Å². The summed E-state index contributed by atoms with van der Waals surface area (Å²) in [4.78, 5) is 41.5. The number of hydrogen-bond acceptors (Lipinski definition) is 6. The van der Waals surface area contributed by atoms with E-state index >= 15 is 0 Å². The third-order valence-electron chi connectivity index (χ3n) is 6.81. The molecule has 2 fully saturated rings. The first-order chi connectivity index (χ1) is 17.4. The van der Waals surface area contributed by atoms with E-state index in [9.17, 15) is 22.8 Å². The Morgan fingerprint density at radius 1 is 1.14 bits per heavy atom. The highest BCUT2D eigenvalue weighted by Crippen LogP contribution is 2.29. The maximum Gasteiger partial charge on any atom is 0.245 e. The van der Waals surface area contributed by atoms with E-state index in [1.54, 1.807) is 36.1 Å². The number of halogens is 1. The van der Waals surface area contributed by atoms with Gasteiger partial charge >= 0.3 is 0 Å². The first-order valence-electron chi connectivity index (χ1n) is 12.1. The molecule has 0 aliphatic carbocycles. The molecule has 4 rings (SSSR count). The molecule has 0 spiro atoms. The fourth-order valence-corrected chi connectivity index (χ4v) is 6.90. The van der Waals surface area contributed by atoms with E-state index in [0.717, 1.165) is 9.69 Å². The summed E-state index contributed by atoms with van der Waals surface area (Å²) in [6, 6.07) is 7.60. The molecule has 37 heavy (non-hydrogen) atoms.